The van der Waals surface area contributed by atoms with Gasteiger partial charge in [0.05, 0.1) is 18.8 Å². The molecule has 0 radical (unpaired) electrons. The molecule has 6 nitrogen and oxygen atoms in total. The molecule has 4 atom stereocenters. The SMILES string of the molecule is C/C=C/CC/C=C/CCCC(O)C(O)C(CO)NC(=O)C(O)CCCCCCCCCCCCCC. The Morgan fingerprint density at radius 3 is 1.81 bits per heavy atom. The van der Waals surface area contributed by atoms with Gasteiger partial charge >= 0.3 is 0 Å². The van der Waals surface area contributed by atoms with Crippen LogP contribution >= 0.6 is 0 Å². The Kier molecular flexibility index (Phi) is 24.6. The molecule has 0 aliphatic heterocycles. The first kappa shape index (κ1) is 34.8. The van der Waals surface area contributed by atoms with Gasteiger partial charge in [-0.05, 0) is 45.4 Å². The van der Waals surface area contributed by atoms with E-state index in [-0.39, 0.29) is 0 Å². The van der Waals surface area contributed by atoms with Crippen molar-refractivity contribution >= 4 is 5.91 Å². The van der Waals surface area contributed by atoms with Crippen LogP contribution in [0.15, 0.2) is 24.3 Å². The molecule has 0 heterocycles. The van der Waals surface area contributed by atoms with Crippen molar-refractivity contribution in [3.05, 3.63) is 24.3 Å². The average Bonchev–Trinajstić information content (AvgIpc) is 2.88. The molecule has 0 bridgehead atoms. The first-order valence-corrected chi connectivity index (χ1v) is 14.7. The van der Waals surface area contributed by atoms with Gasteiger partial charge in [-0.2, -0.15) is 0 Å². The zero-order valence-corrected chi connectivity index (χ0v) is 23.3. The lowest BCUT2D eigenvalue weighted by molar-refractivity contribution is -0.132. The van der Waals surface area contributed by atoms with Gasteiger partial charge in [0.25, 0.3) is 0 Å². The Morgan fingerprint density at radius 1 is 0.722 bits per heavy atom. The van der Waals surface area contributed by atoms with Crippen molar-refractivity contribution in [2.45, 2.75) is 154 Å². The van der Waals surface area contributed by atoms with E-state index in [9.17, 15) is 25.2 Å². The number of allylic oxidation sites excluding steroid dienone is 4. The molecule has 0 aromatic rings. The molecular formula is C30H57NO5. The number of nitrogens with one attached hydrogen (secondary N) is 1. The summed E-state index contributed by atoms with van der Waals surface area (Å²) in [6.07, 6.45) is 23.7. The predicted octanol–water partition coefficient (Wildman–Crippen LogP) is 5.72. The maximum atomic E-state index is 12.3. The molecule has 6 heteroatoms. The first-order valence-electron chi connectivity index (χ1n) is 14.7. The van der Waals surface area contributed by atoms with E-state index in [2.05, 4.69) is 30.5 Å². The highest BCUT2D eigenvalue weighted by Crippen LogP contribution is 2.14. The van der Waals surface area contributed by atoms with Gasteiger partial charge in [-0.25, -0.2) is 0 Å². The van der Waals surface area contributed by atoms with Crippen molar-refractivity contribution < 1.29 is 25.2 Å². The number of unbranched alkanes of at least 4 members (excludes halogenated alkanes) is 13. The Bertz CT molecular complexity index is 551. The second-order valence-electron chi connectivity index (χ2n) is 10.1. The normalized spacial score (nSPS) is 15.4. The molecule has 0 aliphatic carbocycles. The van der Waals surface area contributed by atoms with Gasteiger partial charge in [0.2, 0.25) is 5.91 Å². The Morgan fingerprint density at radius 2 is 1.25 bits per heavy atom. The van der Waals surface area contributed by atoms with Gasteiger partial charge in [0.1, 0.15) is 12.2 Å². The summed E-state index contributed by atoms with van der Waals surface area (Å²) in [4.78, 5) is 12.3. The van der Waals surface area contributed by atoms with Crippen LogP contribution in [0.25, 0.3) is 0 Å². The largest absolute Gasteiger partial charge is 0.394 e. The number of hydrogen-bond donors (Lipinski definition) is 5. The van der Waals surface area contributed by atoms with Crippen LogP contribution in [0.2, 0.25) is 0 Å². The van der Waals surface area contributed by atoms with Gasteiger partial charge in [-0.3, -0.25) is 4.79 Å². The number of amides is 1. The molecule has 1 amide bonds. The van der Waals surface area contributed by atoms with Crippen LogP contribution in [0.3, 0.4) is 0 Å². The maximum absolute atomic E-state index is 12.3. The van der Waals surface area contributed by atoms with Crippen molar-refractivity contribution in [3.63, 3.8) is 0 Å². The number of rotatable bonds is 25. The van der Waals surface area contributed by atoms with Crippen molar-refractivity contribution in [1.82, 2.24) is 5.32 Å². The Hall–Kier alpha value is -1.21. The topological polar surface area (TPSA) is 110 Å². The summed E-state index contributed by atoms with van der Waals surface area (Å²) in [5, 5.41) is 42.9. The van der Waals surface area contributed by atoms with Crippen LogP contribution in [-0.2, 0) is 4.79 Å². The zero-order valence-electron chi connectivity index (χ0n) is 23.3. The summed E-state index contributed by atoms with van der Waals surface area (Å²) < 4.78 is 0. The van der Waals surface area contributed by atoms with Crippen LogP contribution in [0.1, 0.15) is 129 Å². The molecule has 0 rings (SSSR count). The quantitative estimate of drug-likeness (QED) is 0.0795. The number of aliphatic hydroxyl groups excluding tert-OH is 4. The third-order valence-corrected chi connectivity index (χ3v) is 6.74. The Balaban J connectivity index is 3.95. The van der Waals surface area contributed by atoms with E-state index in [4.69, 9.17) is 0 Å². The predicted molar refractivity (Wildman–Crippen MR) is 150 cm³/mol. The lowest BCUT2D eigenvalue weighted by Gasteiger charge is -2.27. The molecule has 0 saturated heterocycles. The van der Waals surface area contributed by atoms with Gasteiger partial charge in [-0.15, -0.1) is 0 Å². The van der Waals surface area contributed by atoms with Crippen molar-refractivity contribution in [2.75, 3.05) is 6.61 Å². The monoisotopic (exact) mass is 511 g/mol. The molecule has 0 aliphatic rings. The highest BCUT2D eigenvalue weighted by Gasteiger charge is 2.28. The highest BCUT2D eigenvalue weighted by atomic mass is 16.3. The minimum absolute atomic E-state index is 0.362. The molecular weight excluding hydrogens is 454 g/mol. The third-order valence-electron chi connectivity index (χ3n) is 6.74. The minimum Gasteiger partial charge on any atom is -0.394 e. The lowest BCUT2D eigenvalue weighted by Crippen LogP contribution is -2.53. The van der Waals surface area contributed by atoms with Crippen LogP contribution in [-0.4, -0.2) is 57.3 Å². The Labute approximate surface area is 221 Å². The molecule has 5 N–H and O–H groups in total. The number of carbonyl (C=O) groups is 1. The fraction of sp³-hybridized carbons (Fsp3) is 0.833. The van der Waals surface area contributed by atoms with Gasteiger partial charge in [0, 0.05) is 0 Å². The van der Waals surface area contributed by atoms with E-state index in [0.717, 1.165) is 38.5 Å². The molecule has 0 aromatic heterocycles. The zero-order chi connectivity index (χ0) is 26.9. The molecule has 0 fully saturated rings. The van der Waals surface area contributed by atoms with Gasteiger partial charge in [0.15, 0.2) is 0 Å². The smallest absolute Gasteiger partial charge is 0.249 e. The summed E-state index contributed by atoms with van der Waals surface area (Å²) in [5.74, 6) is -0.604. The fourth-order valence-corrected chi connectivity index (χ4v) is 4.31. The fourth-order valence-electron chi connectivity index (χ4n) is 4.31. The van der Waals surface area contributed by atoms with Crippen LogP contribution < -0.4 is 5.32 Å². The summed E-state index contributed by atoms with van der Waals surface area (Å²) in [6.45, 7) is 3.74. The summed E-state index contributed by atoms with van der Waals surface area (Å²) in [7, 11) is 0. The highest BCUT2D eigenvalue weighted by molar-refractivity contribution is 5.80. The molecule has 0 saturated carbocycles. The second kappa shape index (κ2) is 25.4. The molecule has 4 unspecified atom stereocenters. The van der Waals surface area contributed by atoms with Crippen molar-refractivity contribution in [3.8, 4) is 0 Å². The maximum Gasteiger partial charge on any atom is 0.249 e. The number of carbonyl (C=O) groups excluding carboxylic acids is 1. The lowest BCUT2D eigenvalue weighted by atomic mass is 10.00. The van der Waals surface area contributed by atoms with E-state index in [1.807, 2.05) is 13.0 Å². The molecule has 0 aromatic carbocycles. The van der Waals surface area contributed by atoms with Gasteiger partial charge in [-0.1, -0.05) is 108 Å². The summed E-state index contributed by atoms with van der Waals surface area (Å²) in [5.41, 5.74) is 0. The van der Waals surface area contributed by atoms with Crippen LogP contribution in [0.4, 0.5) is 0 Å². The van der Waals surface area contributed by atoms with E-state index in [0.29, 0.717) is 19.3 Å². The molecule has 212 valence electrons. The van der Waals surface area contributed by atoms with E-state index < -0.39 is 36.9 Å². The number of hydrogen-bond acceptors (Lipinski definition) is 5. The summed E-state index contributed by atoms with van der Waals surface area (Å²) in [6, 6.07) is -1.000. The molecule has 0 spiro atoms. The first-order chi connectivity index (χ1) is 17.5. The minimum atomic E-state index is -1.28. The van der Waals surface area contributed by atoms with Crippen molar-refractivity contribution in [2.24, 2.45) is 0 Å². The summed E-state index contributed by atoms with van der Waals surface area (Å²) >= 11 is 0. The van der Waals surface area contributed by atoms with E-state index in [1.165, 1.54) is 57.8 Å². The van der Waals surface area contributed by atoms with E-state index in [1.54, 1.807) is 0 Å². The molecule has 36 heavy (non-hydrogen) atoms. The number of aliphatic hydroxyl groups is 4. The third kappa shape index (κ3) is 19.9. The van der Waals surface area contributed by atoms with Crippen LogP contribution in [0.5, 0.6) is 0 Å². The second-order valence-corrected chi connectivity index (χ2v) is 10.1. The van der Waals surface area contributed by atoms with Gasteiger partial charge < -0.3 is 25.7 Å². The average molecular weight is 512 g/mol. The van der Waals surface area contributed by atoms with Crippen LogP contribution in [0, 0.1) is 0 Å². The van der Waals surface area contributed by atoms with Crippen molar-refractivity contribution in [1.29, 1.82) is 0 Å². The standard InChI is InChI=1S/C30H57NO5/c1-3-5-7-9-11-13-14-15-16-18-20-22-24-28(34)30(36)31-26(25-32)29(35)27(33)23-21-19-17-12-10-8-6-4-2/h4,6,12,17,26-29,32-35H,3,5,7-11,13-16,18-25H2,1-2H3,(H,31,36)/b6-4+,17-12+. The van der Waals surface area contributed by atoms with E-state index >= 15 is 0 Å².